The first kappa shape index (κ1) is 16.9. The van der Waals surface area contributed by atoms with Crippen LogP contribution < -0.4 is 5.32 Å². The summed E-state index contributed by atoms with van der Waals surface area (Å²) in [5, 5.41) is 15.8. The van der Waals surface area contributed by atoms with Gasteiger partial charge in [0.15, 0.2) is 5.13 Å². The van der Waals surface area contributed by atoms with Crippen LogP contribution in [0.1, 0.15) is 33.4 Å². The van der Waals surface area contributed by atoms with E-state index in [9.17, 15) is 9.59 Å². The number of carbonyl (C=O) groups excluding carboxylic acids is 2. The minimum atomic E-state index is -0.797. The number of oxime groups is 1. The van der Waals surface area contributed by atoms with Crippen LogP contribution in [0.4, 0.5) is 9.93 Å². The van der Waals surface area contributed by atoms with Gasteiger partial charge in [0, 0.05) is 5.38 Å². The number of thiazole rings is 1. The standard InChI is InChI=1S/C12H17N3O5S/c1-5-19-9(16)8(15-18)7-6-21-10(13-7)14-11(17)20-12(2,3)4/h6,18H,5H2,1-4H3,(H,13,14,17). The van der Waals surface area contributed by atoms with E-state index in [2.05, 4.69) is 15.5 Å². The molecule has 0 radical (unpaired) electrons. The summed E-state index contributed by atoms with van der Waals surface area (Å²) in [6, 6.07) is 0. The first-order valence-corrected chi connectivity index (χ1v) is 7.00. The van der Waals surface area contributed by atoms with Gasteiger partial charge in [-0.15, -0.1) is 11.3 Å². The van der Waals surface area contributed by atoms with Crippen molar-refractivity contribution in [3.05, 3.63) is 11.1 Å². The third-order valence-electron chi connectivity index (χ3n) is 1.92. The Bertz CT molecular complexity index is 547. The minimum absolute atomic E-state index is 0.104. The first-order chi connectivity index (χ1) is 9.76. The molecule has 0 aromatic carbocycles. The predicted octanol–water partition coefficient (Wildman–Crippen LogP) is 2.23. The average Bonchev–Trinajstić information content (AvgIpc) is 2.76. The Hall–Kier alpha value is -2.16. The Morgan fingerprint density at radius 1 is 1.48 bits per heavy atom. The number of ether oxygens (including phenoxy) is 2. The maximum Gasteiger partial charge on any atom is 0.413 e. The molecule has 8 nitrogen and oxygen atoms in total. The molecule has 1 rings (SSSR count). The lowest BCUT2D eigenvalue weighted by molar-refractivity contribution is -0.135. The number of esters is 1. The first-order valence-electron chi connectivity index (χ1n) is 6.12. The Morgan fingerprint density at radius 2 is 2.14 bits per heavy atom. The Balaban J connectivity index is 2.77. The Morgan fingerprint density at radius 3 is 2.67 bits per heavy atom. The fourth-order valence-corrected chi connectivity index (χ4v) is 1.91. The van der Waals surface area contributed by atoms with Gasteiger partial charge in [-0.25, -0.2) is 14.6 Å². The molecule has 0 fully saturated rings. The molecule has 0 aliphatic rings. The molecule has 0 aliphatic heterocycles. The summed E-state index contributed by atoms with van der Waals surface area (Å²) in [5.41, 5.74) is -0.857. The maximum atomic E-state index is 11.6. The third-order valence-corrected chi connectivity index (χ3v) is 2.68. The monoisotopic (exact) mass is 315 g/mol. The zero-order chi connectivity index (χ0) is 16.0. The topological polar surface area (TPSA) is 110 Å². The van der Waals surface area contributed by atoms with Gasteiger partial charge in [-0.2, -0.15) is 0 Å². The van der Waals surface area contributed by atoms with E-state index >= 15 is 0 Å². The summed E-state index contributed by atoms with van der Waals surface area (Å²) in [6.45, 7) is 6.97. The van der Waals surface area contributed by atoms with Crippen molar-refractivity contribution in [1.29, 1.82) is 0 Å². The third kappa shape index (κ3) is 5.38. The molecule has 0 bridgehead atoms. The van der Waals surface area contributed by atoms with Gasteiger partial charge in [0.25, 0.3) is 0 Å². The molecule has 0 saturated carbocycles. The molecule has 1 aromatic rings. The smallest absolute Gasteiger partial charge is 0.413 e. The number of aromatic nitrogens is 1. The second-order valence-corrected chi connectivity index (χ2v) is 5.69. The van der Waals surface area contributed by atoms with Crippen molar-refractivity contribution in [1.82, 2.24) is 4.98 Å². The zero-order valence-corrected chi connectivity index (χ0v) is 13.0. The number of anilines is 1. The normalized spacial score (nSPS) is 11.9. The van der Waals surface area contributed by atoms with Gasteiger partial charge in [-0.3, -0.25) is 5.32 Å². The summed E-state index contributed by atoms with van der Waals surface area (Å²) in [4.78, 5) is 27.1. The van der Waals surface area contributed by atoms with E-state index in [1.54, 1.807) is 27.7 Å². The molecule has 0 unspecified atom stereocenters. The van der Waals surface area contributed by atoms with E-state index in [4.69, 9.17) is 14.7 Å². The highest BCUT2D eigenvalue weighted by atomic mass is 32.1. The SMILES string of the molecule is CCOC(=O)C(=NO)c1csc(NC(=O)OC(C)(C)C)n1. The van der Waals surface area contributed by atoms with Crippen LogP contribution in [0.3, 0.4) is 0 Å². The average molecular weight is 315 g/mol. The largest absolute Gasteiger partial charge is 0.461 e. The van der Waals surface area contributed by atoms with Crippen LogP contribution in [0.25, 0.3) is 0 Å². The van der Waals surface area contributed by atoms with E-state index < -0.39 is 17.7 Å². The molecule has 1 aromatic heterocycles. The lowest BCUT2D eigenvalue weighted by atomic mass is 10.2. The second kappa shape index (κ2) is 7.02. The van der Waals surface area contributed by atoms with Crippen molar-refractivity contribution in [2.45, 2.75) is 33.3 Å². The molecule has 9 heteroatoms. The highest BCUT2D eigenvalue weighted by Gasteiger charge is 2.21. The van der Waals surface area contributed by atoms with Crippen molar-refractivity contribution >= 4 is 34.2 Å². The molecule has 2 N–H and O–H groups in total. The molecule has 0 aliphatic carbocycles. The van der Waals surface area contributed by atoms with Crippen LogP contribution in [0.15, 0.2) is 10.5 Å². The van der Waals surface area contributed by atoms with Crippen LogP contribution in [0, 0.1) is 0 Å². The fraction of sp³-hybridized carbons (Fsp3) is 0.500. The Kier molecular flexibility index (Phi) is 5.65. The van der Waals surface area contributed by atoms with E-state index in [0.29, 0.717) is 0 Å². The van der Waals surface area contributed by atoms with Gasteiger partial charge < -0.3 is 14.7 Å². The van der Waals surface area contributed by atoms with Crippen molar-refractivity contribution in [2.24, 2.45) is 5.16 Å². The van der Waals surface area contributed by atoms with Crippen molar-refractivity contribution < 1.29 is 24.3 Å². The van der Waals surface area contributed by atoms with Crippen molar-refractivity contribution in [2.75, 3.05) is 11.9 Å². The lowest BCUT2D eigenvalue weighted by Gasteiger charge is -2.18. The number of nitrogens with one attached hydrogen (secondary N) is 1. The van der Waals surface area contributed by atoms with Crippen molar-refractivity contribution in [3.8, 4) is 0 Å². The number of hydrogen-bond acceptors (Lipinski definition) is 8. The molecule has 1 heterocycles. The number of amides is 1. The van der Waals surface area contributed by atoms with Crippen LogP contribution in [0.2, 0.25) is 0 Å². The fourth-order valence-electron chi connectivity index (χ4n) is 1.23. The van der Waals surface area contributed by atoms with Gasteiger partial charge in [-0.1, -0.05) is 5.16 Å². The van der Waals surface area contributed by atoms with E-state index in [1.165, 1.54) is 5.38 Å². The molecule has 0 atom stereocenters. The van der Waals surface area contributed by atoms with Crippen LogP contribution in [-0.2, 0) is 14.3 Å². The molecule has 1 amide bonds. The zero-order valence-electron chi connectivity index (χ0n) is 12.2. The molecule has 116 valence electrons. The van der Waals surface area contributed by atoms with E-state index in [-0.39, 0.29) is 23.1 Å². The minimum Gasteiger partial charge on any atom is -0.461 e. The van der Waals surface area contributed by atoms with Gasteiger partial charge in [-0.05, 0) is 27.7 Å². The van der Waals surface area contributed by atoms with Gasteiger partial charge in [0.2, 0.25) is 5.71 Å². The molecule has 0 saturated heterocycles. The molecular weight excluding hydrogens is 298 g/mol. The Labute approximate surface area is 125 Å². The summed E-state index contributed by atoms with van der Waals surface area (Å²) >= 11 is 1.06. The van der Waals surface area contributed by atoms with Gasteiger partial charge >= 0.3 is 12.1 Å². The number of carbonyl (C=O) groups is 2. The number of hydrogen-bond donors (Lipinski definition) is 2. The van der Waals surface area contributed by atoms with Gasteiger partial charge in [0.05, 0.1) is 6.61 Å². The summed E-state index contributed by atoms with van der Waals surface area (Å²) in [6.07, 6.45) is -0.665. The van der Waals surface area contributed by atoms with Crippen LogP contribution in [0.5, 0.6) is 0 Å². The number of rotatable bonds is 4. The van der Waals surface area contributed by atoms with Crippen LogP contribution >= 0.6 is 11.3 Å². The highest BCUT2D eigenvalue weighted by Crippen LogP contribution is 2.18. The predicted molar refractivity (Wildman–Crippen MR) is 76.9 cm³/mol. The lowest BCUT2D eigenvalue weighted by Crippen LogP contribution is -2.27. The maximum absolute atomic E-state index is 11.6. The summed E-state index contributed by atoms with van der Waals surface area (Å²) in [5.74, 6) is -0.797. The summed E-state index contributed by atoms with van der Waals surface area (Å²) in [7, 11) is 0. The van der Waals surface area contributed by atoms with Crippen LogP contribution in [-0.4, -0.2) is 40.2 Å². The number of nitrogens with zero attached hydrogens (tertiary/aromatic N) is 2. The quantitative estimate of drug-likeness (QED) is 0.381. The second-order valence-electron chi connectivity index (χ2n) is 4.83. The summed E-state index contributed by atoms with van der Waals surface area (Å²) < 4.78 is 9.80. The molecule has 0 spiro atoms. The van der Waals surface area contributed by atoms with Gasteiger partial charge in [0.1, 0.15) is 11.3 Å². The molecular formula is C12H17N3O5S. The van der Waals surface area contributed by atoms with Crippen molar-refractivity contribution in [3.63, 3.8) is 0 Å². The molecule has 21 heavy (non-hydrogen) atoms. The van der Waals surface area contributed by atoms with E-state index in [1.807, 2.05) is 0 Å². The van der Waals surface area contributed by atoms with E-state index in [0.717, 1.165) is 11.3 Å². The highest BCUT2D eigenvalue weighted by molar-refractivity contribution is 7.14.